The molecule has 0 saturated carbocycles. The topological polar surface area (TPSA) is 42.7 Å². The minimum Gasteiger partial charge on any atom is -0.461 e. The van der Waals surface area contributed by atoms with Crippen LogP contribution in [0.15, 0.2) is 46.9 Å². The van der Waals surface area contributed by atoms with Crippen molar-refractivity contribution in [1.82, 2.24) is 4.90 Å². The summed E-state index contributed by atoms with van der Waals surface area (Å²) in [6.07, 6.45) is 10.6. The maximum atomic E-state index is 12.7. The van der Waals surface area contributed by atoms with Crippen LogP contribution in [0, 0.1) is 6.92 Å². The number of nitrogens with zero attached hydrogens (tertiary/aromatic N) is 1. The summed E-state index contributed by atoms with van der Waals surface area (Å²) in [6, 6.07) is 9.93. The fourth-order valence-corrected chi connectivity index (χ4v) is 3.83. The third-order valence-corrected chi connectivity index (χ3v) is 5.17. The monoisotopic (exact) mass is 379 g/mol. The number of hydrogen-bond donors (Lipinski definition) is 0. The minimum absolute atomic E-state index is 0.133. The van der Waals surface area contributed by atoms with Gasteiger partial charge in [0.15, 0.2) is 0 Å². The highest BCUT2D eigenvalue weighted by Gasteiger charge is 2.31. The second-order valence-electron chi connectivity index (χ2n) is 7.15. The van der Waals surface area contributed by atoms with Crippen molar-refractivity contribution in [2.45, 2.75) is 52.7 Å². The van der Waals surface area contributed by atoms with Crippen molar-refractivity contribution in [2.75, 3.05) is 6.54 Å². The number of ether oxygens (including phenoxy) is 1. The number of allylic oxidation sites excluding steroid dienone is 2. The fraction of sp³-hybridized carbons (Fsp3) is 0.375. The van der Waals surface area contributed by atoms with Crippen LogP contribution in [-0.4, -0.2) is 23.6 Å². The van der Waals surface area contributed by atoms with Gasteiger partial charge < -0.3 is 14.1 Å². The smallest absolute Gasteiger partial charge is 0.410 e. The molecule has 1 atom stereocenters. The van der Waals surface area contributed by atoms with Gasteiger partial charge in [-0.05, 0) is 51.7 Å². The zero-order valence-corrected chi connectivity index (χ0v) is 17.0. The molecule has 4 nitrogen and oxygen atoms in total. The number of aryl methyl sites for hydroxylation is 1. The van der Waals surface area contributed by atoms with E-state index in [4.69, 9.17) is 9.15 Å². The van der Waals surface area contributed by atoms with E-state index in [1.165, 1.54) is 5.56 Å². The van der Waals surface area contributed by atoms with Crippen molar-refractivity contribution < 1.29 is 13.9 Å². The maximum Gasteiger partial charge on any atom is 0.410 e. The molecule has 1 fully saturated rings. The van der Waals surface area contributed by atoms with Crippen molar-refractivity contribution in [3.05, 3.63) is 70.7 Å². The van der Waals surface area contributed by atoms with E-state index in [1.807, 2.05) is 74.2 Å². The number of furan rings is 1. The van der Waals surface area contributed by atoms with Crippen molar-refractivity contribution in [2.24, 2.45) is 0 Å². The zero-order valence-electron chi connectivity index (χ0n) is 17.0. The first-order valence-electron chi connectivity index (χ1n) is 9.99. The Balaban J connectivity index is 1.74. The lowest BCUT2D eigenvalue weighted by atomic mass is 9.98. The van der Waals surface area contributed by atoms with Gasteiger partial charge in [0.1, 0.15) is 18.1 Å². The van der Waals surface area contributed by atoms with Crippen molar-refractivity contribution in [3.63, 3.8) is 0 Å². The molecule has 0 spiro atoms. The highest BCUT2D eigenvalue weighted by atomic mass is 16.6. The molecule has 1 aliphatic rings. The zero-order chi connectivity index (χ0) is 19.9. The summed E-state index contributed by atoms with van der Waals surface area (Å²) >= 11 is 0. The summed E-state index contributed by atoms with van der Waals surface area (Å²) in [5.74, 6) is 1.80. The molecule has 2 heterocycles. The Morgan fingerprint density at radius 2 is 1.96 bits per heavy atom. The van der Waals surface area contributed by atoms with Crippen LogP contribution in [0.1, 0.15) is 54.9 Å². The maximum absolute atomic E-state index is 12.7. The third-order valence-electron chi connectivity index (χ3n) is 5.17. The standard InChI is InChI=1S/C24H29NO3/c1-4-10-21-18(3)28-23(11-5-2)22(21)16-20-14-9-15-25(20)24(26)27-17-19-12-7-6-8-13-19/h4-8,10-13,20H,9,14-17H2,1-3H3/b10-4-,11-5+/t20-/m0/s1. The normalized spacial score (nSPS) is 17.1. The lowest BCUT2D eigenvalue weighted by Crippen LogP contribution is -2.37. The Labute approximate surface area is 167 Å². The predicted molar refractivity (Wildman–Crippen MR) is 113 cm³/mol. The van der Waals surface area contributed by atoms with Crippen LogP contribution in [0.5, 0.6) is 0 Å². The largest absolute Gasteiger partial charge is 0.461 e. The van der Waals surface area contributed by atoms with Crippen LogP contribution in [0.4, 0.5) is 4.79 Å². The molecule has 0 N–H and O–H groups in total. The molecule has 0 bridgehead atoms. The number of carbonyl (C=O) groups excluding carboxylic acids is 1. The van der Waals surface area contributed by atoms with Crippen LogP contribution >= 0.6 is 0 Å². The molecule has 1 aromatic carbocycles. The van der Waals surface area contributed by atoms with E-state index in [0.717, 1.165) is 48.5 Å². The Kier molecular flexibility index (Phi) is 6.75. The van der Waals surface area contributed by atoms with Gasteiger partial charge in [-0.1, -0.05) is 48.6 Å². The van der Waals surface area contributed by atoms with Gasteiger partial charge in [-0.25, -0.2) is 4.79 Å². The fourth-order valence-electron chi connectivity index (χ4n) is 3.83. The molecular weight excluding hydrogens is 350 g/mol. The number of rotatable bonds is 6. The van der Waals surface area contributed by atoms with Crippen LogP contribution in [0.25, 0.3) is 12.2 Å². The van der Waals surface area contributed by atoms with Gasteiger partial charge in [0, 0.05) is 23.7 Å². The molecule has 4 heteroatoms. The first-order valence-corrected chi connectivity index (χ1v) is 9.99. The summed E-state index contributed by atoms with van der Waals surface area (Å²) in [7, 11) is 0. The van der Waals surface area contributed by atoms with E-state index in [2.05, 4.69) is 6.08 Å². The molecular formula is C24H29NO3. The van der Waals surface area contributed by atoms with Crippen LogP contribution < -0.4 is 0 Å². The van der Waals surface area contributed by atoms with E-state index in [-0.39, 0.29) is 12.1 Å². The van der Waals surface area contributed by atoms with Gasteiger partial charge in [-0.2, -0.15) is 0 Å². The SMILES string of the molecule is C/C=C\c1c(C)oc(/C=C/C)c1C[C@@H]1CCCN1C(=O)OCc1ccccc1. The van der Waals surface area contributed by atoms with Gasteiger partial charge in [0.25, 0.3) is 0 Å². The minimum atomic E-state index is -0.230. The predicted octanol–water partition coefficient (Wildman–Crippen LogP) is 6.00. The quantitative estimate of drug-likeness (QED) is 0.618. The van der Waals surface area contributed by atoms with Crippen molar-refractivity contribution in [1.29, 1.82) is 0 Å². The molecule has 0 unspecified atom stereocenters. The number of hydrogen-bond acceptors (Lipinski definition) is 3. The van der Waals surface area contributed by atoms with E-state index in [0.29, 0.717) is 6.61 Å². The molecule has 3 rings (SSSR count). The van der Waals surface area contributed by atoms with E-state index in [9.17, 15) is 4.79 Å². The Morgan fingerprint density at radius 1 is 1.21 bits per heavy atom. The summed E-state index contributed by atoms with van der Waals surface area (Å²) in [5, 5.41) is 0. The lowest BCUT2D eigenvalue weighted by molar-refractivity contribution is 0.0921. The molecule has 1 aromatic heterocycles. The molecule has 1 saturated heterocycles. The third kappa shape index (κ3) is 4.56. The lowest BCUT2D eigenvalue weighted by Gasteiger charge is -2.24. The van der Waals surface area contributed by atoms with Crippen LogP contribution in [0.2, 0.25) is 0 Å². The number of benzene rings is 1. The highest BCUT2D eigenvalue weighted by molar-refractivity contribution is 5.69. The van der Waals surface area contributed by atoms with Crippen molar-refractivity contribution >= 4 is 18.2 Å². The molecule has 0 radical (unpaired) electrons. The Morgan fingerprint density at radius 3 is 2.68 bits per heavy atom. The summed E-state index contributed by atoms with van der Waals surface area (Å²) in [6.45, 7) is 7.04. The molecule has 1 amide bonds. The molecule has 28 heavy (non-hydrogen) atoms. The first-order chi connectivity index (χ1) is 13.6. The highest BCUT2D eigenvalue weighted by Crippen LogP contribution is 2.30. The first kappa shape index (κ1) is 20.0. The Bertz CT molecular complexity index is 848. The number of likely N-dealkylation sites (tertiary alicyclic amines) is 1. The van der Waals surface area contributed by atoms with Crippen molar-refractivity contribution in [3.8, 4) is 0 Å². The number of amides is 1. The second kappa shape index (κ2) is 9.45. The van der Waals surface area contributed by atoms with Crippen LogP contribution in [-0.2, 0) is 17.8 Å². The summed E-state index contributed by atoms with van der Waals surface area (Å²) in [4.78, 5) is 14.6. The number of carbonyl (C=O) groups is 1. The molecule has 1 aliphatic heterocycles. The Hall–Kier alpha value is -2.75. The van der Waals surface area contributed by atoms with Gasteiger partial charge in [-0.15, -0.1) is 0 Å². The van der Waals surface area contributed by atoms with Gasteiger partial charge in [0.05, 0.1) is 0 Å². The van der Waals surface area contributed by atoms with E-state index < -0.39 is 0 Å². The molecule has 2 aromatic rings. The summed E-state index contributed by atoms with van der Waals surface area (Å²) in [5.41, 5.74) is 3.30. The second-order valence-corrected chi connectivity index (χ2v) is 7.15. The van der Waals surface area contributed by atoms with Gasteiger partial charge in [0.2, 0.25) is 0 Å². The van der Waals surface area contributed by atoms with Crippen LogP contribution in [0.3, 0.4) is 0 Å². The van der Waals surface area contributed by atoms with E-state index in [1.54, 1.807) is 0 Å². The molecule has 0 aliphatic carbocycles. The molecule has 148 valence electrons. The summed E-state index contributed by atoms with van der Waals surface area (Å²) < 4.78 is 11.6. The van der Waals surface area contributed by atoms with Gasteiger partial charge >= 0.3 is 6.09 Å². The van der Waals surface area contributed by atoms with Gasteiger partial charge in [-0.3, -0.25) is 0 Å². The average Bonchev–Trinajstić information content (AvgIpc) is 3.28. The average molecular weight is 380 g/mol. The van der Waals surface area contributed by atoms with E-state index >= 15 is 0 Å².